The van der Waals surface area contributed by atoms with Crippen molar-refractivity contribution in [1.29, 1.82) is 0 Å². The maximum atomic E-state index is 12.7. The zero-order valence-corrected chi connectivity index (χ0v) is 13.3. The highest BCUT2D eigenvalue weighted by Crippen LogP contribution is 2.33. The molecule has 0 aromatic rings. The van der Waals surface area contributed by atoms with E-state index in [-0.39, 0.29) is 22.8 Å². The average molecular weight is 302 g/mol. The third-order valence-corrected chi connectivity index (χ3v) is 6.50. The quantitative estimate of drug-likeness (QED) is 0.807. The summed E-state index contributed by atoms with van der Waals surface area (Å²) in [7, 11) is -2.99. The number of piperidine rings is 1. The van der Waals surface area contributed by atoms with E-state index < -0.39 is 15.4 Å². The van der Waals surface area contributed by atoms with Crippen LogP contribution in [0.2, 0.25) is 0 Å². The van der Waals surface area contributed by atoms with Gasteiger partial charge in [0.1, 0.15) is 0 Å². The maximum Gasteiger partial charge on any atom is 0.227 e. The van der Waals surface area contributed by atoms with E-state index in [1.54, 1.807) is 0 Å². The molecular formula is C14H26N2O3S. The van der Waals surface area contributed by atoms with E-state index in [4.69, 9.17) is 0 Å². The molecule has 2 heterocycles. The second-order valence-electron chi connectivity index (χ2n) is 6.67. The van der Waals surface area contributed by atoms with Gasteiger partial charge in [0.05, 0.1) is 22.5 Å². The first-order chi connectivity index (χ1) is 9.31. The summed E-state index contributed by atoms with van der Waals surface area (Å²) in [5, 5.41) is 6.36. The van der Waals surface area contributed by atoms with E-state index in [0.717, 1.165) is 32.2 Å². The van der Waals surface area contributed by atoms with Crippen molar-refractivity contribution in [3.63, 3.8) is 0 Å². The molecule has 2 rings (SSSR count). The Labute approximate surface area is 121 Å². The van der Waals surface area contributed by atoms with Gasteiger partial charge in [0.15, 0.2) is 9.84 Å². The van der Waals surface area contributed by atoms with Gasteiger partial charge in [-0.25, -0.2) is 8.42 Å². The lowest BCUT2D eigenvalue weighted by atomic mass is 9.75. The van der Waals surface area contributed by atoms with Gasteiger partial charge in [0.2, 0.25) is 5.91 Å². The lowest BCUT2D eigenvalue weighted by Gasteiger charge is -2.39. The topological polar surface area (TPSA) is 75.3 Å². The lowest BCUT2D eigenvalue weighted by molar-refractivity contribution is -0.134. The molecule has 1 amide bonds. The van der Waals surface area contributed by atoms with E-state index in [1.165, 1.54) is 0 Å². The fraction of sp³-hybridized carbons (Fsp3) is 0.929. The largest absolute Gasteiger partial charge is 0.349 e. The molecule has 0 aromatic heterocycles. The second-order valence-corrected chi connectivity index (χ2v) is 8.85. The fourth-order valence-electron chi connectivity index (χ4n) is 3.48. The van der Waals surface area contributed by atoms with E-state index in [1.807, 2.05) is 6.92 Å². The van der Waals surface area contributed by atoms with Gasteiger partial charge in [0.25, 0.3) is 0 Å². The minimum Gasteiger partial charge on any atom is -0.349 e. The molecule has 2 unspecified atom stereocenters. The maximum absolute atomic E-state index is 12.7. The van der Waals surface area contributed by atoms with Crippen molar-refractivity contribution in [1.82, 2.24) is 10.6 Å². The Bertz CT molecular complexity index is 463. The molecule has 2 saturated heterocycles. The van der Waals surface area contributed by atoms with Gasteiger partial charge in [-0.15, -0.1) is 0 Å². The minimum atomic E-state index is -2.99. The number of carbonyl (C=O) groups is 1. The molecule has 2 aliphatic rings. The predicted octanol–water partition coefficient (Wildman–Crippen LogP) is 0.850. The predicted molar refractivity (Wildman–Crippen MR) is 79.3 cm³/mol. The van der Waals surface area contributed by atoms with Crippen LogP contribution in [0.25, 0.3) is 0 Å². The number of amides is 1. The Balaban J connectivity index is 2.09. The molecule has 2 aliphatic heterocycles. The highest BCUT2D eigenvalue weighted by molar-refractivity contribution is 7.91. The fourth-order valence-corrected chi connectivity index (χ4v) is 5.58. The first kappa shape index (κ1) is 15.8. The first-order valence-electron chi connectivity index (χ1n) is 7.55. The molecule has 0 radical (unpaired) electrons. The van der Waals surface area contributed by atoms with Crippen molar-refractivity contribution >= 4 is 15.7 Å². The van der Waals surface area contributed by atoms with Crippen LogP contribution in [-0.2, 0) is 14.6 Å². The van der Waals surface area contributed by atoms with Crippen LogP contribution in [-0.4, -0.2) is 44.5 Å². The summed E-state index contributed by atoms with van der Waals surface area (Å²) >= 11 is 0. The standard InChI is InChI=1S/C14H26N2O3S/c1-3-5-14(6-4-8-15-10-14)12(17)16-13(2)7-9-20(18,19)11-13/h15H,3-11H2,1-2H3,(H,16,17). The zero-order chi connectivity index (χ0) is 14.9. The third-order valence-electron chi connectivity index (χ3n) is 4.60. The van der Waals surface area contributed by atoms with Crippen LogP contribution in [0.15, 0.2) is 0 Å². The summed E-state index contributed by atoms with van der Waals surface area (Å²) in [6, 6.07) is 0. The van der Waals surface area contributed by atoms with Crippen molar-refractivity contribution in [2.75, 3.05) is 24.6 Å². The van der Waals surface area contributed by atoms with Crippen molar-refractivity contribution < 1.29 is 13.2 Å². The molecule has 0 saturated carbocycles. The van der Waals surface area contributed by atoms with Gasteiger partial charge in [-0.05, 0) is 39.2 Å². The Kier molecular flexibility index (Phi) is 4.44. The van der Waals surface area contributed by atoms with Gasteiger partial charge < -0.3 is 10.6 Å². The lowest BCUT2D eigenvalue weighted by Crippen LogP contribution is -2.57. The molecule has 2 N–H and O–H groups in total. The van der Waals surface area contributed by atoms with Crippen LogP contribution in [0.5, 0.6) is 0 Å². The van der Waals surface area contributed by atoms with Crippen LogP contribution in [0, 0.1) is 5.41 Å². The molecule has 116 valence electrons. The summed E-state index contributed by atoms with van der Waals surface area (Å²) in [6.07, 6.45) is 4.24. The highest BCUT2D eigenvalue weighted by atomic mass is 32.2. The Hall–Kier alpha value is -0.620. The van der Waals surface area contributed by atoms with Crippen LogP contribution < -0.4 is 10.6 Å². The van der Waals surface area contributed by atoms with Crippen molar-refractivity contribution in [3.8, 4) is 0 Å². The molecular weight excluding hydrogens is 276 g/mol. The van der Waals surface area contributed by atoms with Crippen LogP contribution in [0.3, 0.4) is 0 Å². The molecule has 0 spiro atoms. The van der Waals surface area contributed by atoms with Crippen LogP contribution >= 0.6 is 0 Å². The van der Waals surface area contributed by atoms with Gasteiger partial charge in [-0.3, -0.25) is 4.79 Å². The van der Waals surface area contributed by atoms with Gasteiger partial charge in [-0.1, -0.05) is 13.3 Å². The number of hydrogen-bond donors (Lipinski definition) is 2. The molecule has 2 atom stereocenters. The molecule has 2 fully saturated rings. The van der Waals surface area contributed by atoms with Crippen molar-refractivity contribution in [2.45, 2.75) is 51.5 Å². The SMILES string of the molecule is CCCC1(C(=O)NC2(C)CCS(=O)(=O)C2)CCCNC1. The van der Waals surface area contributed by atoms with E-state index in [0.29, 0.717) is 13.0 Å². The average Bonchev–Trinajstić information content (AvgIpc) is 2.65. The number of carbonyl (C=O) groups excluding carboxylic acids is 1. The molecule has 5 nitrogen and oxygen atoms in total. The summed E-state index contributed by atoms with van der Waals surface area (Å²) in [4.78, 5) is 12.7. The Morgan fingerprint density at radius 3 is 2.60 bits per heavy atom. The molecule has 20 heavy (non-hydrogen) atoms. The molecule has 0 bridgehead atoms. The molecule has 6 heteroatoms. The Morgan fingerprint density at radius 2 is 2.10 bits per heavy atom. The zero-order valence-electron chi connectivity index (χ0n) is 12.5. The van der Waals surface area contributed by atoms with Crippen LogP contribution in [0.4, 0.5) is 0 Å². The normalized spacial score (nSPS) is 36.7. The van der Waals surface area contributed by atoms with Crippen molar-refractivity contribution in [3.05, 3.63) is 0 Å². The summed E-state index contributed by atoms with van der Waals surface area (Å²) in [6.45, 7) is 5.61. The van der Waals surface area contributed by atoms with E-state index in [9.17, 15) is 13.2 Å². The summed E-state index contributed by atoms with van der Waals surface area (Å²) in [5.74, 6) is 0.288. The smallest absolute Gasteiger partial charge is 0.227 e. The van der Waals surface area contributed by atoms with Gasteiger partial charge in [0, 0.05) is 6.54 Å². The number of rotatable bonds is 4. The van der Waals surface area contributed by atoms with Gasteiger partial charge in [-0.2, -0.15) is 0 Å². The highest BCUT2D eigenvalue weighted by Gasteiger charge is 2.45. The van der Waals surface area contributed by atoms with E-state index in [2.05, 4.69) is 17.6 Å². The second kappa shape index (κ2) is 5.64. The summed E-state index contributed by atoms with van der Waals surface area (Å²) in [5.41, 5.74) is -0.948. The monoisotopic (exact) mass is 302 g/mol. The molecule has 0 aromatic carbocycles. The van der Waals surface area contributed by atoms with Crippen molar-refractivity contribution in [2.24, 2.45) is 5.41 Å². The first-order valence-corrected chi connectivity index (χ1v) is 9.37. The third kappa shape index (κ3) is 3.34. The minimum absolute atomic E-state index is 0.0335. The molecule has 0 aliphatic carbocycles. The number of sulfone groups is 1. The number of nitrogens with one attached hydrogen (secondary N) is 2. The summed E-state index contributed by atoms with van der Waals surface area (Å²) < 4.78 is 23.3. The Morgan fingerprint density at radius 1 is 1.35 bits per heavy atom. The van der Waals surface area contributed by atoms with Crippen LogP contribution in [0.1, 0.15) is 46.0 Å². The number of hydrogen-bond acceptors (Lipinski definition) is 4. The van der Waals surface area contributed by atoms with Gasteiger partial charge >= 0.3 is 0 Å². The van der Waals surface area contributed by atoms with E-state index >= 15 is 0 Å².